The summed E-state index contributed by atoms with van der Waals surface area (Å²) >= 11 is 5.93. The first kappa shape index (κ1) is 25.9. The summed E-state index contributed by atoms with van der Waals surface area (Å²) in [4.78, 5) is 35.1. The summed E-state index contributed by atoms with van der Waals surface area (Å²) in [5, 5.41) is 6.67. The third-order valence-electron chi connectivity index (χ3n) is 6.36. The Hall–Kier alpha value is -3.76. The van der Waals surface area contributed by atoms with E-state index in [1.165, 1.54) is 24.5 Å². The molecule has 11 heteroatoms. The molecule has 5 rings (SSSR count). The van der Waals surface area contributed by atoms with Gasteiger partial charge in [-0.3, -0.25) is 14.5 Å². The number of hydrogen-bond acceptors (Lipinski definition) is 8. The summed E-state index contributed by atoms with van der Waals surface area (Å²) in [7, 11) is 0. The van der Waals surface area contributed by atoms with E-state index in [4.69, 9.17) is 21.1 Å². The maximum absolute atomic E-state index is 13.6. The van der Waals surface area contributed by atoms with Crippen molar-refractivity contribution in [3.05, 3.63) is 59.7 Å². The van der Waals surface area contributed by atoms with Gasteiger partial charge in [0.1, 0.15) is 29.8 Å². The number of carbonyl (C=O) groups is 2. The summed E-state index contributed by atoms with van der Waals surface area (Å²) in [5.41, 5.74) is 1.64. The highest BCUT2D eigenvalue weighted by molar-refractivity contribution is 6.31. The molecule has 1 saturated heterocycles. The Bertz CT molecular complexity index is 1400. The highest BCUT2D eigenvalue weighted by Crippen LogP contribution is 2.36. The average molecular weight is 540 g/mol. The van der Waals surface area contributed by atoms with Gasteiger partial charge in [0.05, 0.1) is 28.9 Å². The molecule has 1 aliphatic carbocycles. The van der Waals surface area contributed by atoms with Gasteiger partial charge >= 0.3 is 5.97 Å². The van der Waals surface area contributed by atoms with Gasteiger partial charge < -0.3 is 20.1 Å². The lowest BCUT2D eigenvalue weighted by atomic mass is 9.96. The molecule has 2 aliphatic rings. The fraction of sp³-hybridized carbons (Fsp3) is 0.333. The maximum Gasteiger partial charge on any atom is 0.320 e. The van der Waals surface area contributed by atoms with E-state index < -0.39 is 5.82 Å². The predicted octanol–water partition coefficient (Wildman–Crippen LogP) is 4.84. The van der Waals surface area contributed by atoms with Crippen molar-refractivity contribution in [3.63, 3.8) is 0 Å². The van der Waals surface area contributed by atoms with E-state index in [1.807, 2.05) is 11.8 Å². The largest absolute Gasteiger partial charge is 0.488 e. The van der Waals surface area contributed by atoms with E-state index in [-0.39, 0.29) is 35.7 Å². The maximum atomic E-state index is 13.6. The quantitative estimate of drug-likeness (QED) is 0.309. The van der Waals surface area contributed by atoms with Crippen LogP contribution in [-0.2, 0) is 14.3 Å². The predicted molar refractivity (Wildman–Crippen MR) is 142 cm³/mol. The standard InChI is InChI=1S/C27H27ClFN5O4/c1-16-13-34(14-26(36)37-16)9-3-6-25(35)33-23-11-19-22(12-24(23)38-18-4-2-5-18)30-15-31-27(19)32-17-7-8-21(29)20(28)10-17/h3,6-8,10-12,15-16,18H,2,4-5,9,13-14H2,1H3,(H,33,35)(H,30,31,32)/t16-/m0/s1. The number of aromatic nitrogens is 2. The zero-order valence-electron chi connectivity index (χ0n) is 20.7. The lowest BCUT2D eigenvalue weighted by molar-refractivity contribution is -0.156. The number of nitrogens with one attached hydrogen (secondary N) is 2. The van der Waals surface area contributed by atoms with Crippen LogP contribution in [-0.4, -0.2) is 58.6 Å². The first-order valence-electron chi connectivity index (χ1n) is 12.4. The highest BCUT2D eigenvalue weighted by Gasteiger charge is 2.23. The van der Waals surface area contributed by atoms with Crippen LogP contribution in [0.3, 0.4) is 0 Å². The zero-order chi connectivity index (χ0) is 26.6. The summed E-state index contributed by atoms with van der Waals surface area (Å²) in [6.07, 6.45) is 7.46. The van der Waals surface area contributed by atoms with Crippen molar-refractivity contribution in [2.45, 2.75) is 38.4 Å². The van der Waals surface area contributed by atoms with Gasteiger partial charge in [0.2, 0.25) is 5.91 Å². The van der Waals surface area contributed by atoms with Crippen LogP contribution in [0.15, 0.2) is 48.8 Å². The molecule has 198 valence electrons. The Balaban J connectivity index is 1.38. The van der Waals surface area contributed by atoms with Gasteiger partial charge in [-0.1, -0.05) is 17.7 Å². The Morgan fingerprint density at radius 3 is 2.87 bits per heavy atom. The van der Waals surface area contributed by atoms with Crippen LogP contribution in [0, 0.1) is 5.82 Å². The molecule has 0 bridgehead atoms. The van der Waals surface area contributed by atoms with Crippen LogP contribution in [0.4, 0.5) is 21.6 Å². The number of nitrogens with zero attached hydrogens (tertiary/aromatic N) is 3. The third-order valence-corrected chi connectivity index (χ3v) is 6.65. The van der Waals surface area contributed by atoms with Crippen molar-refractivity contribution in [1.82, 2.24) is 14.9 Å². The number of hydrogen-bond donors (Lipinski definition) is 2. The number of esters is 1. The second-order valence-electron chi connectivity index (χ2n) is 9.40. The number of anilines is 3. The van der Waals surface area contributed by atoms with E-state index in [0.717, 1.165) is 19.3 Å². The second kappa shape index (κ2) is 11.3. The van der Waals surface area contributed by atoms with Gasteiger partial charge in [0.15, 0.2) is 0 Å². The molecule has 1 amide bonds. The molecule has 9 nitrogen and oxygen atoms in total. The average Bonchev–Trinajstić information content (AvgIpc) is 2.83. The third kappa shape index (κ3) is 6.20. The minimum Gasteiger partial charge on any atom is -0.488 e. The fourth-order valence-corrected chi connectivity index (χ4v) is 4.47. The van der Waals surface area contributed by atoms with Crippen LogP contribution in [0.5, 0.6) is 5.75 Å². The van der Waals surface area contributed by atoms with Crippen LogP contribution in [0.2, 0.25) is 5.02 Å². The van der Waals surface area contributed by atoms with Gasteiger partial charge in [-0.15, -0.1) is 0 Å². The lowest BCUT2D eigenvalue weighted by Gasteiger charge is -2.29. The van der Waals surface area contributed by atoms with Gasteiger partial charge in [-0.05, 0) is 50.5 Å². The molecule has 2 heterocycles. The number of morpholine rings is 1. The van der Waals surface area contributed by atoms with Crippen molar-refractivity contribution in [3.8, 4) is 5.75 Å². The highest BCUT2D eigenvalue weighted by atomic mass is 35.5. The molecule has 1 aliphatic heterocycles. The van der Waals surface area contributed by atoms with Gasteiger partial charge in [-0.2, -0.15) is 0 Å². The summed E-state index contributed by atoms with van der Waals surface area (Å²) in [6, 6.07) is 7.82. The number of benzene rings is 2. The van der Waals surface area contributed by atoms with E-state index in [1.54, 1.807) is 24.3 Å². The lowest BCUT2D eigenvalue weighted by Crippen LogP contribution is -2.44. The van der Waals surface area contributed by atoms with Crippen molar-refractivity contribution < 1.29 is 23.5 Å². The van der Waals surface area contributed by atoms with Crippen LogP contribution in [0.25, 0.3) is 10.9 Å². The van der Waals surface area contributed by atoms with Gasteiger partial charge in [0.25, 0.3) is 0 Å². The fourth-order valence-electron chi connectivity index (χ4n) is 4.29. The Morgan fingerprint density at radius 1 is 1.29 bits per heavy atom. The smallest absolute Gasteiger partial charge is 0.320 e. The summed E-state index contributed by atoms with van der Waals surface area (Å²) in [6.45, 7) is 3.08. The van der Waals surface area contributed by atoms with Gasteiger partial charge in [0, 0.05) is 36.3 Å². The molecular formula is C27H27ClFN5O4. The number of amides is 1. The van der Waals surface area contributed by atoms with Crippen LogP contribution < -0.4 is 15.4 Å². The Labute approximate surface area is 224 Å². The van der Waals surface area contributed by atoms with Crippen molar-refractivity contribution in [2.24, 2.45) is 0 Å². The molecular weight excluding hydrogens is 513 g/mol. The number of cyclic esters (lactones) is 1. The molecule has 0 radical (unpaired) electrons. The van der Waals surface area contributed by atoms with E-state index >= 15 is 0 Å². The number of fused-ring (bicyclic) bond motifs is 1. The molecule has 0 unspecified atom stereocenters. The first-order valence-corrected chi connectivity index (χ1v) is 12.8. The molecule has 3 aromatic rings. The van der Waals surface area contributed by atoms with E-state index in [9.17, 15) is 14.0 Å². The van der Waals surface area contributed by atoms with Crippen LogP contribution in [0.1, 0.15) is 26.2 Å². The van der Waals surface area contributed by atoms with Gasteiger partial charge in [-0.25, -0.2) is 14.4 Å². The molecule has 2 aromatic carbocycles. The van der Waals surface area contributed by atoms with Crippen LogP contribution >= 0.6 is 11.6 Å². The van der Waals surface area contributed by atoms with Crippen molar-refractivity contribution in [2.75, 3.05) is 30.3 Å². The first-order chi connectivity index (χ1) is 18.3. The number of halogens is 2. The minimum atomic E-state index is -0.518. The molecule has 2 fully saturated rings. The normalized spacial score (nSPS) is 18.3. The zero-order valence-corrected chi connectivity index (χ0v) is 21.5. The Morgan fingerprint density at radius 2 is 2.13 bits per heavy atom. The van der Waals surface area contributed by atoms with E-state index in [2.05, 4.69) is 20.6 Å². The molecule has 1 saturated carbocycles. The SMILES string of the molecule is C[C@H]1CN(CC=CC(=O)Nc2cc3c(Nc4ccc(F)c(Cl)c4)ncnc3cc2OC2CCC2)CC(=O)O1. The molecule has 1 aromatic heterocycles. The minimum absolute atomic E-state index is 0.0137. The topological polar surface area (TPSA) is 106 Å². The summed E-state index contributed by atoms with van der Waals surface area (Å²) < 4.78 is 24.9. The second-order valence-corrected chi connectivity index (χ2v) is 9.81. The molecule has 2 N–H and O–H groups in total. The van der Waals surface area contributed by atoms with Crippen molar-refractivity contribution in [1.29, 1.82) is 0 Å². The van der Waals surface area contributed by atoms with Crippen molar-refractivity contribution >= 4 is 51.6 Å². The molecule has 0 spiro atoms. The monoisotopic (exact) mass is 539 g/mol. The number of ether oxygens (including phenoxy) is 2. The summed E-state index contributed by atoms with van der Waals surface area (Å²) in [5.74, 6) is -0.149. The Kier molecular flexibility index (Phi) is 7.71. The number of carbonyl (C=O) groups excluding carboxylic acids is 2. The molecule has 38 heavy (non-hydrogen) atoms. The van der Waals surface area contributed by atoms with E-state index in [0.29, 0.717) is 46.9 Å². The number of rotatable bonds is 8. The molecule has 1 atom stereocenters.